The first kappa shape index (κ1) is 8.67. The molecular weight excluding hydrogens is 156 g/mol. The molecule has 0 radical (unpaired) electrons. The summed E-state index contributed by atoms with van der Waals surface area (Å²) in [6.45, 7) is 4.11. The minimum Gasteiger partial charge on any atom is -0.287 e. The summed E-state index contributed by atoms with van der Waals surface area (Å²) in [5.74, 6) is 3.89. The van der Waals surface area contributed by atoms with Crippen molar-refractivity contribution in [3.63, 3.8) is 0 Å². The van der Waals surface area contributed by atoms with Crippen molar-refractivity contribution < 1.29 is 4.79 Å². The maximum atomic E-state index is 11.0. The van der Waals surface area contributed by atoms with Crippen molar-refractivity contribution in [2.45, 2.75) is 20.3 Å². The van der Waals surface area contributed by atoms with Gasteiger partial charge in [-0.25, -0.2) is 0 Å². The highest BCUT2D eigenvalue weighted by atomic mass is 32.2. The van der Waals surface area contributed by atoms with E-state index in [2.05, 4.69) is 19.8 Å². The van der Waals surface area contributed by atoms with Crippen LogP contribution in [0.1, 0.15) is 20.3 Å². The molecular formula is C9H12OS. The molecule has 11 heavy (non-hydrogen) atoms. The predicted molar refractivity (Wildman–Crippen MR) is 48.2 cm³/mol. The number of rotatable bonds is 0. The summed E-state index contributed by atoms with van der Waals surface area (Å²) in [6.07, 6.45) is 6.03. The maximum Gasteiger partial charge on any atom is 0.189 e. The third kappa shape index (κ3) is 1.59. The minimum absolute atomic E-state index is 0.0709. The molecule has 1 fully saturated rings. The molecule has 0 aromatic carbocycles. The molecule has 0 bridgehead atoms. The first-order chi connectivity index (χ1) is 5.08. The van der Waals surface area contributed by atoms with Crippen LogP contribution in [0.3, 0.4) is 0 Å². The lowest BCUT2D eigenvalue weighted by molar-refractivity contribution is -0.112. The van der Waals surface area contributed by atoms with Crippen molar-refractivity contribution in [1.82, 2.24) is 0 Å². The van der Waals surface area contributed by atoms with Gasteiger partial charge in [0.15, 0.2) is 5.12 Å². The van der Waals surface area contributed by atoms with Gasteiger partial charge in [-0.1, -0.05) is 24.6 Å². The number of hydrogen-bond acceptors (Lipinski definition) is 2. The van der Waals surface area contributed by atoms with Crippen LogP contribution in [0.4, 0.5) is 0 Å². The van der Waals surface area contributed by atoms with Crippen LogP contribution < -0.4 is 0 Å². The average Bonchev–Trinajstić information content (AvgIpc) is 1.98. The number of terminal acetylenes is 1. The minimum atomic E-state index is -0.0709. The molecule has 60 valence electrons. The number of carbonyl (C=O) groups excluding carboxylic acids is 1. The molecule has 1 aliphatic rings. The van der Waals surface area contributed by atoms with E-state index in [9.17, 15) is 4.79 Å². The van der Waals surface area contributed by atoms with E-state index in [4.69, 9.17) is 6.42 Å². The van der Waals surface area contributed by atoms with Crippen molar-refractivity contribution in [3.05, 3.63) is 0 Å². The van der Waals surface area contributed by atoms with E-state index < -0.39 is 0 Å². The molecule has 0 N–H and O–H groups in total. The molecule has 0 aliphatic carbocycles. The second kappa shape index (κ2) is 2.91. The van der Waals surface area contributed by atoms with Crippen LogP contribution in [0.2, 0.25) is 0 Å². The summed E-state index contributed by atoms with van der Waals surface area (Å²) in [5, 5.41) is 0.283. The number of carbonyl (C=O) groups is 1. The van der Waals surface area contributed by atoms with Crippen LogP contribution in [-0.4, -0.2) is 10.9 Å². The summed E-state index contributed by atoms with van der Waals surface area (Å²) in [7, 11) is 0. The standard InChI is InChI=1S/C9H12OS/c1-4-9(3)6-11-8(10)5-7(9)2/h1,7H,5-6H2,2-3H3. The van der Waals surface area contributed by atoms with Crippen molar-refractivity contribution in [1.29, 1.82) is 0 Å². The van der Waals surface area contributed by atoms with E-state index in [1.165, 1.54) is 11.8 Å². The van der Waals surface area contributed by atoms with Crippen molar-refractivity contribution >= 4 is 16.9 Å². The van der Waals surface area contributed by atoms with Gasteiger partial charge in [0.05, 0.1) is 0 Å². The third-order valence-electron chi connectivity index (χ3n) is 2.42. The smallest absolute Gasteiger partial charge is 0.189 e. The Kier molecular flexibility index (Phi) is 2.29. The van der Waals surface area contributed by atoms with Gasteiger partial charge in [-0.15, -0.1) is 6.42 Å². The zero-order valence-electron chi connectivity index (χ0n) is 6.89. The molecule has 1 saturated heterocycles. The molecule has 2 heteroatoms. The molecule has 1 aliphatic heterocycles. The molecule has 0 spiro atoms. The lowest BCUT2D eigenvalue weighted by Gasteiger charge is -2.33. The largest absolute Gasteiger partial charge is 0.287 e. The fourth-order valence-electron chi connectivity index (χ4n) is 1.09. The predicted octanol–water partition coefficient (Wildman–Crippen LogP) is 1.93. The normalized spacial score (nSPS) is 38.3. The summed E-state index contributed by atoms with van der Waals surface area (Å²) in [6, 6.07) is 0. The van der Waals surface area contributed by atoms with Crippen molar-refractivity contribution in [2.24, 2.45) is 11.3 Å². The monoisotopic (exact) mass is 168 g/mol. The van der Waals surface area contributed by atoms with Crippen molar-refractivity contribution in [2.75, 3.05) is 5.75 Å². The fourth-order valence-corrected chi connectivity index (χ4v) is 2.29. The Balaban J connectivity index is 2.73. The molecule has 1 rings (SSSR count). The van der Waals surface area contributed by atoms with Gasteiger partial charge in [-0.2, -0.15) is 0 Å². The lowest BCUT2D eigenvalue weighted by Crippen LogP contribution is -2.32. The Hall–Kier alpha value is -0.420. The number of hydrogen-bond donors (Lipinski definition) is 0. The van der Waals surface area contributed by atoms with E-state index in [1.807, 2.05) is 0 Å². The SMILES string of the molecule is C#CC1(C)CSC(=O)CC1C. The molecule has 2 unspecified atom stereocenters. The molecule has 0 aromatic heterocycles. The van der Waals surface area contributed by atoms with Crippen LogP contribution >= 0.6 is 11.8 Å². The quantitative estimate of drug-likeness (QED) is 0.514. The van der Waals surface area contributed by atoms with Crippen LogP contribution in [0.5, 0.6) is 0 Å². The second-order valence-corrected chi connectivity index (χ2v) is 4.36. The highest BCUT2D eigenvalue weighted by Crippen LogP contribution is 2.38. The van der Waals surface area contributed by atoms with Gasteiger partial charge in [0.1, 0.15) is 0 Å². The van der Waals surface area contributed by atoms with Gasteiger partial charge < -0.3 is 0 Å². The van der Waals surface area contributed by atoms with E-state index >= 15 is 0 Å². The first-order valence-corrected chi connectivity index (χ1v) is 4.70. The third-order valence-corrected chi connectivity index (χ3v) is 3.66. The molecule has 0 saturated carbocycles. The van der Waals surface area contributed by atoms with Crippen LogP contribution in [0, 0.1) is 23.7 Å². The van der Waals surface area contributed by atoms with Crippen LogP contribution in [-0.2, 0) is 4.79 Å². The number of thioether (sulfide) groups is 1. The van der Waals surface area contributed by atoms with Crippen molar-refractivity contribution in [3.8, 4) is 12.3 Å². The maximum absolute atomic E-state index is 11.0. The molecule has 0 amide bonds. The summed E-state index contributed by atoms with van der Waals surface area (Å²) >= 11 is 1.37. The van der Waals surface area contributed by atoms with Gasteiger partial charge >= 0.3 is 0 Å². The summed E-state index contributed by atoms with van der Waals surface area (Å²) in [5.41, 5.74) is -0.0709. The highest BCUT2D eigenvalue weighted by Gasteiger charge is 2.35. The van der Waals surface area contributed by atoms with E-state index in [0.29, 0.717) is 12.3 Å². The zero-order valence-corrected chi connectivity index (χ0v) is 7.70. The Morgan fingerprint density at radius 1 is 1.82 bits per heavy atom. The van der Waals surface area contributed by atoms with Crippen LogP contribution in [0.15, 0.2) is 0 Å². The summed E-state index contributed by atoms with van der Waals surface area (Å²) in [4.78, 5) is 11.0. The summed E-state index contributed by atoms with van der Waals surface area (Å²) < 4.78 is 0. The van der Waals surface area contributed by atoms with Gasteiger partial charge in [0, 0.05) is 17.6 Å². The fraction of sp³-hybridized carbons (Fsp3) is 0.667. The Labute approximate surface area is 71.9 Å². The van der Waals surface area contributed by atoms with Gasteiger partial charge in [-0.3, -0.25) is 4.79 Å². The molecule has 1 heterocycles. The zero-order chi connectivity index (χ0) is 8.48. The van der Waals surface area contributed by atoms with Gasteiger partial charge in [0.25, 0.3) is 0 Å². The highest BCUT2D eigenvalue weighted by molar-refractivity contribution is 8.13. The second-order valence-electron chi connectivity index (χ2n) is 3.33. The van der Waals surface area contributed by atoms with E-state index in [-0.39, 0.29) is 10.5 Å². The molecule has 0 aromatic rings. The average molecular weight is 168 g/mol. The van der Waals surface area contributed by atoms with E-state index in [1.54, 1.807) is 0 Å². The molecule has 1 nitrogen and oxygen atoms in total. The topological polar surface area (TPSA) is 17.1 Å². The molecule has 2 atom stereocenters. The first-order valence-electron chi connectivity index (χ1n) is 3.72. The van der Waals surface area contributed by atoms with Gasteiger partial charge in [0.2, 0.25) is 0 Å². The van der Waals surface area contributed by atoms with E-state index in [0.717, 1.165) is 5.75 Å². The van der Waals surface area contributed by atoms with Crippen LogP contribution in [0.25, 0.3) is 0 Å². The Bertz CT molecular complexity index is 216. The van der Waals surface area contributed by atoms with Gasteiger partial charge in [-0.05, 0) is 12.8 Å². The Morgan fingerprint density at radius 3 is 2.91 bits per heavy atom. The lowest BCUT2D eigenvalue weighted by atomic mass is 9.79. The Morgan fingerprint density at radius 2 is 2.45 bits per heavy atom.